The van der Waals surface area contributed by atoms with Crippen molar-refractivity contribution in [3.8, 4) is 0 Å². The van der Waals surface area contributed by atoms with Crippen molar-refractivity contribution in [1.82, 2.24) is 20.6 Å². The van der Waals surface area contributed by atoms with E-state index in [4.69, 9.17) is 0 Å². The molecule has 1 aromatic heterocycles. The fraction of sp³-hybridized carbons (Fsp3) is 0.125. The molecule has 0 unspecified atom stereocenters. The molecule has 0 aliphatic heterocycles. The minimum atomic E-state index is -4.38. The Bertz CT molecular complexity index is 479. The van der Waals surface area contributed by atoms with Gasteiger partial charge in [-0.15, -0.1) is 10.2 Å². The monoisotopic (exact) mass is 286 g/mol. The van der Waals surface area contributed by atoms with E-state index in [1.807, 2.05) is 0 Å². The van der Waals surface area contributed by atoms with Gasteiger partial charge in [0, 0.05) is 4.90 Å². The van der Waals surface area contributed by atoms with Crippen molar-refractivity contribution in [2.24, 2.45) is 0 Å². The summed E-state index contributed by atoms with van der Waals surface area (Å²) in [4.78, 5) is 0.0522. The van der Waals surface area contributed by atoms with Crippen LogP contribution in [-0.4, -0.2) is 20.6 Å². The fourth-order valence-corrected chi connectivity index (χ4v) is 1.89. The average Bonchev–Trinajstić information content (AvgIpc) is 2.70. The van der Waals surface area contributed by atoms with E-state index in [0.29, 0.717) is 0 Å². The van der Waals surface area contributed by atoms with Gasteiger partial charge in [0.2, 0.25) is 5.16 Å². The number of benzene rings is 1. The van der Waals surface area contributed by atoms with Crippen LogP contribution in [0.25, 0.3) is 0 Å². The second kappa shape index (κ2) is 6.30. The Labute approximate surface area is 143 Å². The number of hydrogen-bond donors (Lipinski definition) is 1. The number of rotatable bonds is 2. The van der Waals surface area contributed by atoms with Crippen LogP contribution in [0.1, 0.15) is 6.99 Å². The number of tetrazole rings is 1. The third kappa shape index (κ3) is 4.04. The molecule has 0 fully saturated rings. The van der Waals surface area contributed by atoms with Crippen LogP contribution in [0.2, 0.25) is 0 Å². The van der Waals surface area contributed by atoms with Gasteiger partial charge in [0.1, 0.15) is 0 Å². The topological polar surface area (TPSA) is 54.5 Å². The molecule has 17 heavy (non-hydrogen) atoms. The quantitative estimate of drug-likeness (QED) is 0.755. The normalized spacial score (nSPS) is 11.0. The van der Waals surface area contributed by atoms with E-state index in [1.165, 1.54) is 18.2 Å². The second-order valence-electron chi connectivity index (χ2n) is 2.79. The Morgan fingerprint density at radius 3 is 2.53 bits per heavy atom. The van der Waals surface area contributed by atoms with Crippen molar-refractivity contribution in [3.63, 3.8) is 0 Å². The van der Waals surface area contributed by atoms with Crippen LogP contribution in [0.15, 0.2) is 34.3 Å². The van der Waals surface area contributed by atoms with Gasteiger partial charge in [-0.3, -0.25) is 0 Å². The molecule has 86 valence electrons. The van der Waals surface area contributed by atoms with E-state index >= 15 is 0 Å². The maximum absolute atomic E-state index is 12.6. The zero-order valence-electron chi connectivity index (χ0n) is 9.69. The third-order valence-electron chi connectivity index (χ3n) is 1.72. The molecule has 2 aromatic rings. The summed E-state index contributed by atoms with van der Waals surface area (Å²) in [6.45, 7) is 0. The van der Waals surface area contributed by atoms with Crippen molar-refractivity contribution < 1.29 is 66.0 Å². The summed E-state index contributed by atoms with van der Waals surface area (Å²) < 4.78 is 37.8. The number of aromatic nitrogens is 4. The van der Waals surface area contributed by atoms with Crippen LogP contribution in [0.4, 0.5) is 13.2 Å². The Morgan fingerprint density at radius 1 is 1.24 bits per heavy atom. The van der Waals surface area contributed by atoms with Gasteiger partial charge < -0.3 is 1.43 Å². The van der Waals surface area contributed by atoms with E-state index in [1.54, 1.807) is 0 Å². The summed E-state index contributed by atoms with van der Waals surface area (Å²) in [5, 5.41) is 12.8. The van der Waals surface area contributed by atoms with Gasteiger partial charge in [-0.2, -0.15) is 18.4 Å². The van der Waals surface area contributed by atoms with Gasteiger partial charge in [-0.05, 0) is 29.1 Å². The molecule has 0 aliphatic carbocycles. The molecule has 1 heterocycles. The summed E-state index contributed by atoms with van der Waals surface area (Å²) in [5.41, 5.74) is -0.704. The average molecular weight is 286 g/mol. The molecule has 0 spiro atoms. The summed E-state index contributed by atoms with van der Waals surface area (Å²) in [5.74, 6) is 0. The molecule has 0 atom stereocenters. The van der Waals surface area contributed by atoms with Crippen molar-refractivity contribution in [1.29, 1.82) is 0 Å². The SMILES string of the molecule is FC(F)(F)c1ccccc1Sc1nn[nH]n1.[H-].[K+]. The van der Waals surface area contributed by atoms with E-state index < -0.39 is 11.7 Å². The molecular formula is C8H6F3KN4S. The summed E-state index contributed by atoms with van der Waals surface area (Å²) in [6, 6.07) is 5.24. The number of alkyl halides is 3. The zero-order valence-corrected chi connectivity index (χ0v) is 12.6. The summed E-state index contributed by atoms with van der Waals surface area (Å²) >= 11 is 0.812. The number of halogens is 3. The van der Waals surface area contributed by atoms with E-state index in [9.17, 15) is 13.2 Å². The molecule has 0 aliphatic rings. The van der Waals surface area contributed by atoms with Crippen molar-refractivity contribution in [2.75, 3.05) is 0 Å². The van der Waals surface area contributed by atoms with Crippen LogP contribution in [0.3, 0.4) is 0 Å². The predicted molar refractivity (Wildman–Crippen MR) is 50.9 cm³/mol. The number of nitrogens with one attached hydrogen (secondary N) is 1. The Balaban J connectivity index is 0.00000144. The molecule has 2 rings (SSSR count). The molecule has 0 saturated carbocycles. The minimum absolute atomic E-state index is 0. The summed E-state index contributed by atoms with van der Waals surface area (Å²) in [6.07, 6.45) is -4.38. The molecule has 0 radical (unpaired) electrons. The van der Waals surface area contributed by atoms with Crippen molar-refractivity contribution in [2.45, 2.75) is 16.2 Å². The standard InChI is InChI=1S/C8H5F3N4S.K.H/c9-8(10,11)5-3-1-2-4-6(5)16-7-12-14-15-13-7;;/h1-4H,(H,12,13,14,15);;/q;+1;-1. The Morgan fingerprint density at radius 2 is 1.94 bits per heavy atom. The van der Waals surface area contributed by atoms with Gasteiger partial charge in [-0.1, -0.05) is 12.1 Å². The largest absolute Gasteiger partial charge is 1.00 e. The van der Waals surface area contributed by atoms with Crippen LogP contribution >= 0.6 is 11.8 Å². The van der Waals surface area contributed by atoms with E-state index in [-0.39, 0.29) is 62.9 Å². The minimum Gasteiger partial charge on any atom is -1.00 e. The molecule has 0 amide bonds. The van der Waals surface area contributed by atoms with Crippen molar-refractivity contribution in [3.05, 3.63) is 29.8 Å². The first-order chi connectivity index (χ1) is 7.57. The van der Waals surface area contributed by atoms with Crippen LogP contribution in [0, 0.1) is 0 Å². The van der Waals surface area contributed by atoms with Crippen LogP contribution < -0.4 is 51.4 Å². The molecule has 9 heteroatoms. The Kier molecular flexibility index (Phi) is 5.60. The fourth-order valence-electron chi connectivity index (χ4n) is 1.08. The van der Waals surface area contributed by atoms with Gasteiger partial charge in [0.15, 0.2) is 0 Å². The number of hydrogen-bond acceptors (Lipinski definition) is 4. The van der Waals surface area contributed by atoms with Gasteiger partial charge >= 0.3 is 57.6 Å². The maximum Gasteiger partial charge on any atom is 1.00 e. The van der Waals surface area contributed by atoms with Crippen molar-refractivity contribution >= 4 is 11.8 Å². The smallest absolute Gasteiger partial charge is 1.00 e. The molecule has 1 aromatic carbocycles. The van der Waals surface area contributed by atoms with Gasteiger partial charge in [0.05, 0.1) is 5.56 Å². The van der Waals surface area contributed by atoms with E-state index in [2.05, 4.69) is 20.6 Å². The summed E-state index contributed by atoms with van der Waals surface area (Å²) in [7, 11) is 0. The number of nitrogens with zero attached hydrogens (tertiary/aromatic N) is 3. The molecule has 4 nitrogen and oxygen atoms in total. The predicted octanol–water partition coefficient (Wildman–Crippen LogP) is -0.514. The van der Waals surface area contributed by atoms with Crippen LogP contribution in [-0.2, 0) is 6.18 Å². The zero-order chi connectivity index (χ0) is 11.6. The second-order valence-corrected chi connectivity index (χ2v) is 3.80. The molecular weight excluding hydrogens is 280 g/mol. The first-order valence-electron chi connectivity index (χ1n) is 4.15. The van der Waals surface area contributed by atoms with Gasteiger partial charge in [-0.25, -0.2) is 0 Å². The van der Waals surface area contributed by atoms with Gasteiger partial charge in [0.25, 0.3) is 0 Å². The first kappa shape index (κ1) is 15.1. The molecule has 0 bridgehead atoms. The Hall–Kier alpha value is 0.0664. The van der Waals surface area contributed by atoms with E-state index in [0.717, 1.165) is 17.8 Å². The third-order valence-corrected chi connectivity index (χ3v) is 2.65. The maximum atomic E-state index is 12.6. The first-order valence-corrected chi connectivity index (χ1v) is 4.96. The van der Waals surface area contributed by atoms with Crippen LogP contribution in [0.5, 0.6) is 0 Å². The molecule has 0 saturated heterocycles. The molecule has 1 N–H and O–H groups in total. The number of aromatic amines is 1. The number of H-pyrrole nitrogens is 1.